The summed E-state index contributed by atoms with van der Waals surface area (Å²) in [5.41, 5.74) is 1.24. The van der Waals surface area contributed by atoms with Crippen molar-refractivity contribution in [2.45, 2.75) is 30.7 Å². The average molecular weight is 483 g/mol. The zero-order valence-electron chi connectivity index (χ0n) is 18.8. The summed E-state index contributed by atoms with van der Waals surface area (Å²) in [4.78, 5) is 31.9. The fraction of sp³-hybridized carbons (Fsp3) is 0.292. The van der Waals surface area contributed by atoms with Gasteiger partial charge in [-0.15, -0.1) is 0 Å². The van der Waals surface area contributed by atoms with Crippen LogP contribution in [-0.2, 0) is 23.0 Å². The lowest BCUT2D eigenvalue weighted by atomic mass is 10.1. The normalized spacial score (nSPS) is 14.1. The molecule has 3 aromatic rings. The number of ether oxygens (including phenoxy) is 1. The van der Waals surface area contributed by atoms with Crippen LogP contribution in [0.4, 0.5) is 0 Å². The molecule has 178 valence electrons. The number of aromatic nitrogens is 2. The molecule has 1 fully saturated rings. The van der Waals surface area contributed by atoms with E-state index in [0.717, 1.165) is 35.8 Å². The number of methoxy groups -OCH3 is 1. The van der Waals surface area contributed by atoms with Gasteiger partial charge in [0.1, 0.15) is 17.3 Å². The molecule has 1 amide bonds. The fourth-order valence-electron chi connectivity index (χ4n) is 3.77. The van der Waals surface area contributed by atoms with Crippen molar-refractivity contribution < 1.29 is 17.9 Å². The SMILES string of the molecule is COc1ccc(Cc2nc(C(=O)NCc3ccc(S(=O)(=O)N4CCCC4)cc3)cc(=O)[nH]2)cc1. The zero-order valence-corrected chi connectivity index (χ0v) is 19.6. The monoisotopic (exact) mass is 482 g/mol. The van der Waals surface area contributed by atoms with Crippen molar-refractivity contribution in [1.82, 2.24) is 19.6 Å². The van der Waals surface area contributed by atoms with Crippen molar-refractivity contribution in [1.29, 1.82) is 0 Å². The van der Waals surface area contributed by atoms with E-state index in [1.807, 2.05) is 24.3 Å². The van der Waals surface area contributed by atoms with E-state index in [1.165, 1.54) is 4.31 Å². The zero-order chi connectivity index (χ0) is 24.1. The summed E-state index contributed by atoms with van der Waals surface area (Å²) in [6.45, 7) is 1.26. The molecule has 0 saturated carbocycles. The van der Waals surface area contributed by atoms with E-state index in [1.54, 1.807) is 31.4 Å². The summed E-state index contributed by atoms with van der Waals surface area (Å²) >= 11 is 0. The summed E-state index contributed by atoms with van der Waals surface area (Å²) in [7, 11) is -1.89. The lowest BCUT2D eigenvalue weighted by molar-refractivity contribution is 0.0945. The minimum Gasteiger partial charge on any atom is -0.497 e. The first-order valence-electron chi connectivity index (χ1n) is 11.0. The number of nitrogens with zero attached hydrogens (tertiary/aromatic N) is 2. The van der Waals surface area contributed by atoms with Crippen LogP contribution in [0.3, 0.4) is 0 Å². The Morgan fingerprint density at radius 2 is 1.71 bits per heavy atom. The molecule has 2 aromatic carbocycles. The number of nitrogens with one attached hydrogen (secondary N) is 2. The molecule has 0 unspecified atom stereocenters. The standard InChI is InChI=1S/C24H26N4O5S/c1-33-19-8-4-17(5-9-19)14-22-26-21(15-23(29)27-22)24(30)25-16-18-6-10-20(11-7-18)34(31,32)28-12-2-3-13-28/h4-11,15H,2-3,12-14,16H2,1H3,(H,25,30)(H,26,27,29). The Kier molecular flexibility index (Phi) is 7.09. The maximum Gasteiger partial charge on any atom is 0.270 e. The Balaban J connectivity index is 1.40. The van der Waals surface area contributed by atoms with Crippen LogP contribution in [0.2, 0.25) is 0 Å². The van der Waals surface area contributed by atoms with E-state index in [9.17, 15) is 18.0 Å². The van der Waals surface area contributed by atoms with Crippen molar-refractivity contribution in [3.05, 3.63) is 87.6 Å². The van der Waals surface area contributed by atoms with E-state index in [0.29, 0.717) is 25.3 Å². The Bertz CT molecular complexity index is 1310. The highest BCUT2D eigenvalue weighted by Crippen LogP contribution is 2.21. The van der Waals surface area contributed by atoms with E-state index in [2.05, 4.69) is 15.3 Å². The highest BCUT2D eigenvalue weighted by Gasteiger charge is 2.26. The van der Waals surface area contributed by atoms with Crippen LogP contribution in [0, 0.1) is 0 Å². The largest absolute Gasteiger partial charge is 0.497 e. The Morgan fingerprint density at radius 3 is 2.35 bits per heavy atom. The first-order chi connectivity index (χ1) is 16.3. The third-order valence-corrected chi connectivity index (χ3v) is 7.55. The molecule has 2 heterocycles. The molecule has 1 saturated heterocycles. The second-order valence-electron chi connectivity index (χ2n) is 8.04. The predicted octanol–water partition coefficient (Wildman–Crippen LogP) is 2.08. The number of benzene rings is 2. The van der Waals surface area contributed by atoms with Gasteiger partial charge in [0.2, 0.25) is 10.0 Å². The maximum atomic E-state index is 12.6. The first kappa shape index (κ1) is 23.7. The molecule has 0 atom stereocenters. The molecule has 1 aliphatic rings. The van der Waals surface area contributed by atoms with Gasteiger partial charge >= 0.3 is 0 Å². The molecule has 10 heteroatoms. The van der Waals surface area contributed by atoms with Crippen LogP contribution in [0.25, 0.3) is 0 Å². The third-order valence-electron chi connectivity index (χ3n) is 5.63. The van der Waals surface area contributed by atoms with Crippen LogP contribution >= 0.6 is 0 Å². The van der Waals surface area contributed by atoms with E-state index in [-0.39, 0.29) is 17.1 Å². The van der Waals surface area contributed by atoms with Gasteiger partial charge in [-0.05, 0) is 48.2 Å². The molecule has 0 radical (unpaired) electrons. The van der Waals surface area contributed by atoms with Gasteiger partial charge in [-0.3, -0.25) is 9.59 Å². The van der Waals surface area contributed by atoms with Crippen LogP contribution in [-0.4, -0.2) is 48.8 Å². The summed E-state index contributed by atoms with van der Waals surface area (Å²) < 4.78 is 31.9. The number of carbonyl (C=O) groups is 1. The number of H-pyrrole nitrogens is 1. The predicted molar refractivity (Wildman–Crippen MR) is 126 cm³/mol. The van der Waals surface area contributed by atoms with Gasteiger partial charge in [-0.1, -0.05) is 24.3 Å². The smallest absolute Gasteiger partial charge is 0.270 e. The van der Waals surface area contributed by atoms with Crippen molar-refractivity contribution in [2.24, 2.45) is 0 Å². The highest BCUT2D eigenvalue weighted by atomic mass is 32.2. The Labute approximate surface area is 197 Å². The number of hydrogen-bond donors (Lipinski definition) is 2. The topological polar surface area (TPSA) is 121 Å². The van der Waals surface area contributed by atoms with Crippen molar-refractivity contribution >= 4 is 15.9 Å². The second-order valence-corrected chi connectivity index (χ2v) is 9.98. The highest BCUT2D eigenvalue weighted by molar-refractivity contribution is 7.89. The summed E-state index contributed by atoms with van der Waals surface area (Å²) in [6.07, 6.45) is 2.11. The summed E-state index contributed by atoms with van der Waals surface area (Å²) in [5, 5.41) is 2.73. The molecule has 9 nitrogen and oxygen atoms in total. The van der Waals surface area contributed by atoms with Crippen molar-refractivity contribution in [3.8, 4) is 5.75 Å². The molecule has 34 heavy (non-hydrogen) atoms. The second kappa shape index (κ2) is 10.2. The van der Waals surface area contributed by atoms with Gasteiger partial charge in [0.05, 0.1) is 12.0 Å². The molecular formula is C24H26N4O5S. The van der Waals surface area contributed by atoms with Crippen LogP contribution in [0.5, 0.6) is 5.75 Å². The van der Waals surface area contributed by atoms with Gasteiger partial charge in [-0.2, -0.15) is 4.31 Å². The van der Waals surface area contributed by atoms with E-state index >= 15 is 0 Å². The number of amides is 1. The molecule has 0 bridgehead atoms. The molecule has 1 aromatic heterocycles. The van der Waals surface area contributed by atoms with Gasteiger partial charge in [0.15, 0.2) is 0 Å². The minimum atomic E-state index is -3.48. The molecule has 1 aliphatic heterocycles. The maximum absolute atomic E-state index is 12.6. The first-order valence-corrected chi connectivity index (χ1v) is 12.4. The fourth-order valence-corrected chi connectivity index (χ4v) is 5.29. The van der Waals surface area contributed by atoms with Gasteiger partial charge < -0.3 is 15.0 Å². The van der Waals surface area contributed by atoms with Crippen LogP contribution < -0.4 is 15.6 Å². The summed E-state index contributed by atoms with van der Waals surface area (Å²) in [5.74, 6) is 0.607. The number of hydrogen-bond acceptors (Lipinski definition) is 6. The lowest BCUT2D eigenvalue weighted by Crippen LogP contribution is -2.28. The van der Waals surface area contributed by atoms with Crippen LogP contribution in [0.1, 0.15) is 40.3 Å². The number of carbonyl (C=O) groups excluding carboxylic acids is 1. The average Bonchev–Trinajstić information content (AvgIpc) is 3.39. The molecule has 4 rings (SSSR count). The van der Waals surface area contributed by atoms with Gasteiger partial charge in [0.25, 0.3) is 11.5 Å². The van der Waals surface area contributed by atoms with Crippen molar-refractivity contribution in [2.75, 3.05) is 20.2 Å². The Hall–Kier alpha value is -3.50. The van der Waals surface area contributed by atoms with Gasteiger partial charge in [0, 0.05) is 32.1 Å². The molecule has 0 spiro atoms. The number of sulfonamides is 1. The third kappa shape index (κ3) is 5.52. The van der Waals surface area contributed by atoms with E-state index < -0.39 is 21.5 Å². The Morgan fingerprint density at radius 1 is 1.06 bits per heavy atom. The quantitative estimate of drug-likeness (QED) is 0.507. The summed E-state index contributed by atoms with van der Waals surface area (Å²) in [6, 6.07) is 14.9. The molecule has 0 aliphatic carbocycles. The number of rotatable bonds is 8. The number of aromatic amines is 1. The minimum absolute atomic E-state index is 0.0143. The van der Waals surface area contributed by atoms with Gasteiger partial charge in [-0.25, -0.2) is 13.4 Å². The van der Waals surface area contributed by atoms with Crippen molar-refractivity contribution in [3.63, 3.8) is 0 Å². The molecular weight excluding hydrogens is 456 g/mol. The van der Waals surface area contributed by atoms with E-state index in [4.69, 9.17) is 4.74 Å². The molecule has 2 N–H and O–H groups in total. The lowest BCUT2D eigenvalue weighted by Gasteiger charge is -2.15. The van der Waals surface area contributed by atoms with Crippen LogP contribution in [0.15, 0.2) is 64.3 Å².